The number of rotatable bonds is 3. The Morgan fingerprint density at radius 3 is 2.62 bits per heavy atom. The number of nitrogens with one attached hydrogen (secondary N) is 1. The van der Waals surface area contributed by atoms with Gasteiger partial charge in [-0.15, -0.1) is 0 Å². The fraction of sp³-hybridized carbons (Fsp3) is 0.0625. The van der Waals surface area contributed by atoms with Gasteiger partial charge in [0.25, 0.3) is 5.91 Å². The van der Waals surface area contributed by atoms with Crippen molar-refractivity contribution >= 4 is 44.0 Å². The number of hydrogen-bond acceptors (Lipinski definition) is 4. The van der Waals surface area contributed by atoms with E-state index in [2.05, 4.69) is 5.32 Å². The molecule has 1 amide bonds. The number of sulfone groups is 1. The van der Waals surface area contributed by atoms with Crippen molar-refractivity contribution in [2.24, 2.45) is 0 Å². The second-order valence-corrected chi connectivity index (χ2v) is 7.61. The monoisotopic (exact) mass is 367 g/mol. The first kappa shape index (κ1) is 16.5. The van der Waals surface area contributed by atoms with Gasteiger partial charge in [-0.1, -0.05) is 11.6 Å². The Morgan fingerprint density at radius 1 is 1.17 bits per heavy atom. The van der Waals surface area contributed by atoms with Gasteiger partial charge >= 0.3 is 0 Å². The van der Waals surface area contributed by atoms with Crippen LogP contribution in [0.15, 0.2) is 51.8 Å². The zero-order valence-corrected chi connectivity index (χ0v) is 13.9. The SMILES string of the molecule is CS(=O)(=O)c1ccc(F)c(NC(=O)c2cc3cc(Cl)ccc3o2)c1. The summed E-state index contributed by atoms with van der Waals surface area (Å²) in [5.74, 6) is -1.50. The van der Waals surface area contributed by atoms with Crippen LogP contribution in [0.25, 0.3) is 11.0 Å². The number of hydrogen-bond donors (Lipinski definition) is 1. The highest BCUT2D eigenvalue weighted by Crippen LogP contribution is 2.25. The van der Waals surface area contributed by atoms with Gasteiger partial charge in [-0.05, 0) is 42.5 Å². The fourth-order valence-electron chi connectivity index (χ4n) is 2.14. The highest BCUT2D eigenvalue weighted by molar-refractivity contribution is 7.90. The molecule has 1 heterocycles. The Bertz CT molecular complexity index is 1060. The molecular weight excluding hydrogens is 357 g/mol. The van der Waals surface area contributed by atoms with Crippen molar-refractivity contribution in [1.82, 2.24) is 0 Å². The molecule has 124 valence electrons. The Balaban J connectivity index is 1.93. The summed E-state index contributed by atoms with van der Waals surface area (Å²) in [7, 11) is -3.52. The number of carbonyl (C=O) groups excluding carboxylic acids is 1. The maximum Gasteiger partial charge on any atom is 0.291 e. The molecule has 8 heteroatoms. The van der Waals surface area contributed by atoms with E-state index in [0.29, 0.717) is 16.0 Å². The molecule has 5 nitrogen and oxygen atoms in total. The minimum absolute atomic E-state index is 0.0450. The van der Waals surface area contributed by atoms with Gasteiger partial charge in [-0.2, -0.15) is 0 Å². The van der Waals surface area contributed by atoms with E-state index in [9.17, 15) is 17.6 Å². The van der Waals surface area contributed by atoms with Crippen LogP contribution in [-0.2, 0) is 9.84 Å². The molecule has 0 aliphatic rings. The number of anilines is 1. The van der Waals surface area contributed by atoms with Crippen molar-refractivity contribution < 1.29 is 22.0 Å². The van der Waals surface area contributed by atoms with E-state index in [4.69, 9.17) is 16.0 Å². The van der Waals surface area contributed by atoms with Gasteiger partial charge in [-0.25, -0.2) is 12.8 Å². The predicted octanol–water partition coefficient (Wildman–Crippen LogP) is 3.88. The molecule has 0 saturated carbocycles. The zero-order chi connectivity index (χ0) is 17.5. The van der Waals surface area contributed by atoms with E-state index in [0.717, 1.165) is 24.5 Å². The zero-order valence-electron chi connectivity index (χ0n) is 12.3. The third-order valence-corrected chi connectivity index (χ3v) is 4.66. The third-order valence-electron chi connectivity index (χ3n) is 3.32. The summed E-state index contributed by atoms with van der Waals surface area (Å²) in [5, 5.41) is 3.42. The molecule has 0 bridgehead atoms. The summed E-state index contributed by atoms with van der Waals surface area (Å²) in [5.41, 5.74) is 0.205. The molecular formula is C16H11ClFNO4S. The molecule has 1 aromatic heterocycles. The minimum Gasteiger partial charge on any atom is -0.451 e. The normalized spacial score (nSPS) is 11.6. The average Bonchev–Trinajstić information content (AvgIpc) is 2.91. The summed E-state index contributed by atoms with van der Waals surface area (Å²) in [6.07, 6.45) is 0.995. The lowest BCUT2D eigenvalue weighted by molar-refractivity contribution is 0.0998. The smallest absolute Gasteiger partial charge is 0.291 e. The van der Waals surface area contributed by atoms with Gasteiger partial charge in [-0.3, -0.25) is 4.79 Å². The molecule has 0 fully saturated rings. The lowest BCUT2D eigenvalue weighted by atomic mass is 10.2. The van der Waals surface area contributed by atoms with Crippen molar-refractivity contribution in [3.63, 3.8) is 0 Å². The first-order chi connectivity index (χ1) is 11.2. The van der Waals surface area contributed by atoms with Gasteiger partial charge in [0.15, 0.2) is 15.6 Å². The van der Waals surface area contributed by atoms with Crippen LogP contribution in [0, 0.1) is 5.82 Å². The van der Waals surface area contributed by atoms with E-state index in [1.54, 1.807) is 18.2 Å². The van der Waals surface area contributed by atoms with Crippen molar-refractivity contribution in [2.75, 3.05) is 11.6 Å². The maximum absolute atomic E-state index is 13.8. The molecule has 0 radical (unpaired) electrons. The summed E-state index contributed by atoms with van der Waals surface area (Å²) >= 11 is 5.87. The molecule has 1 N–H and O–H groups in total. The minimum atomic E-state index is -3.52. The van der Waals surface area contributed by atoms with Crippen LogP contribution in [0.4, 0.5) is 10.1 Å². The third kappa shape index (κ3) is 3.27. The lowest BCUT2D eigenvalue weighted by Gasteiger charge is -2.06. The van der Waals surface area contributed by atoms with Crippen LogP contribution in [-0.4, -0.2) is 20.6 Å². The van der Waals surface area contributed by atoms with Crippen molar-refractivity contribution in [3.05, 3.63) is 59.1 Å². The van der Waals surface area contributed by atoms with Crippen LogP contribution in [0.3, 0.4) is 0 Å². The molecule has 0 spiro atoms. The highest BCUT2D eigenvalue weighted by Gasteiger charge is 2.17. The van der Waals surface area contributed by atoms with E-state index in [-0.39, 0.29) is 16.3 Å². The molecule has 24 heavy (non-hydrogen) atoms. The molecule has 0 saturated heterocycles. The molecule has 0 atom stereocenters. The quantitative estimate of drug-likeness (QED) is 0.713. The van der Waals surface area contributed by atoms with Gasteiger partial charge in [0.2, 0.25) is 0 Å². The topological polar surface area (TPSA) is 76.4 Å². The van der Waals surface area contributed by atoms with Crippen LogP contribution in [0.2, 0.25) is 5.02 Å². The van der Waals surface area contributed by atoms with Crippen molar-refractivity contribution in [3.8, 4) is 0 Å². The molecule has 0 unspecified atom stereocenters. The largest absolute Gasteiger partial charge is 0.451 e. The Morgan fingerprint density at radius 2 is 1.92 bits per heavy atom. The molecule has 0 aliphatic heterocycles. The molecule has 3 aromatic rings. The summed E-state index contributed by atoms with van der Waals surface area (Å²) < 4.78 is 42.3. The predicted molar refractivity (Wildman–Crippen MR) is 88.7 cm³/mol. The standard InChI is InChI=1S/C16H11ClFNO4S/c1-24(21,22)11-3-4-12(18)13(8-11)19-16(20)15-7-9-6-10(17)2-5-14(9)23-15/h2-8H,1H3,(H,19,20). The van der Waals surface area contributed by atoms with E-state index in [1.807, 2.05) is 0 Å². The van der Waals surface area contributed by atoms with Crippen LogP contribution in [0.5, 0.6) is 0 Å². The first-order valence-electron chi connectivity index (χ1n) is 6.74. The maximum atomic E-state index is 13.8. The van der Waals surface area contributed by atoms with Crippen molar-refractivity contribution in [1.29, 1.82) is 0 Å². The van der Waals surface area contributed by atoms with E-state index >= 15 is 0 Å². The summed E-state index contributed by atoms with van der Waals surface area (Å²) in [4.78, 5) is 12.1. The summed E-state index contributed by atoms with van der Waals surface area (Å²) in [6.45, 7) is 0. The Hall–Kier alpha value is -2.38. The van der Waals surface area contributed by atoms with Crippen molar-refractivity contribution in [2.45, 2.75) is 4.90 Å². The number of furan rings is 1. The number of amides is 1. The molecule has 0 aliphatic carbocycles. The van der Waals surface area contributed by atoms with Crippen LogP contribution < -0.4 is 5.32 Å². The number of benzene rings is 2. The van der Waals surface area contributed by atoms with Gasteiger partial charge in [0, 0.05) is 16.7 Å². The van der Waals surface area contributed by atoms with Crippen LogP contribution in [0.1, 0.15) is 10.6 Å². The first-order valence-corrected chi connectivity index (χ1v) is 9.01. The molecule has 3 rings (SSSR count). The fourth-order valence-corrected chi connectivity index (χ4v) is 2.97. The van der Waals surface area contributed by atoms with Gasteiger partial charge in [0.1, 0.15) is 11.4 Å². The summed E-state index contributed by atoms with van der Waals surface area (Å²) in [6, 6.07) is 9.48. The number of halogens is 2. The Labute approximate surface area is 141 Å². The van der Waals surface area contributed by atoms with Crippen LogP contribution >= 0.6 is 11.6 Å². The second-order valence-electron chi connectivity index (χ2n) is 5.16. The Kier molecular flexibility index (Phi) is 4.06. The molecule has 2 aromatic carbocycles. The van der Waals surface area contributed by atoms with Gasteiger partial charge < -0.3 is 9.73 Å². The van der Waals surface area contributed by atoms with E-state index in [1.165, 1.54) is 6.07 Å². The number of carbonyl (C=O) groups is 1. The second kappa shape index (κ2) is 5.92. The average molecular weight is 368 g/mol. The van der Waals surface area contributed by atoms with Gasteiger partial charge in [0.05, 0.1) is 10.6 Å². The number of fused-ring (bicyclic) bond motifs is 1. The lowest BCUT2D eigenvalue weighted by Crippen LogP contribution is -2.12. The van der Waals surface area contributed by atoms with E-state index < -0.39 is 21.6 Å². The highest BCUT2D eigenvalue weighted by atomic mass is 35.5.